The summed E-state index contributed by atoms with van der Waals surface area (Å²) in [5.41, 5.74) is 7.33. The molecule has 0 saturated carbocycles. The lowest BCUT2D eigenvalue weighted by molar-refractivity contribution is -0.122. The molecule has 192 valence electrons. The fourth-order valence-corrected chi connectivity index (χ4v) is 5.34. The third kappa shape index (κ3) is 9.01. The highest BCUT2D eigenvalue weighted by Crippen LogP contribution is 2.25. The number of carbonyl (C=O) groups excluding carboxylic acids is 2. The first-order chi connectivity index (χ1) is 16.4. The predicted octanol–water partition coefficient (Wildman–Crippen LogP) is 2.65. The second kappa shape index (κ2) is 13.1. The van der Waals surface area contributed by atoms with Crippen LogP contribution in [0, 0.1) is 5.92 Å². The van der Waals surface area contributed by atoms with Gasteiger partial charge in [0.1, 0.15) is 6.04 Å². The summed E-state index contributed by atoms with van der Waals surface area (Å²) in [5, 5.41) is 3.53. The smallest absolute Gasteiger partial charge is 0.244 e. The summed E-state index contributed by atoms with van der Waals surface area (Å²) in [4.78, 5) is 26.0. The minimum absolute atomic E-state index is 0.0136. The fraction of sp³-hybridized carbons (Fsp3) is 0.440. The monoisotopic (exact) mass is 522 g/mol. The first-order valence-electron chi connectivity index (χ1n) is 11.4. The molecule has 35 heavy (non-hydrogen) atoms. The molecule has 2 aromatic carbocycles. The molecule has 0 aliphatic carbocycles. The lowest BCUT2D eigenvalue weighted by atomic mass is 10.0. The lowest BCUT2D eigenvalue weighted by Gasteiger charge is -2.30. The summed E-state index contributed by atoms with van der Waals surface area (Å²) in [5.74, 6) is -0.546. The second-order valence-corrected chi connectivity index (χ2v) is 11.6. The fourth-order valence-electron chi connectivity index (χ4n) is 3.62. The highest BCUT2D eigenvalue weighted by Gasteiger charge is 2.35. The Morgan fingerprint density at radius 3 is 2.09 bits per heavy atom. The van der Waals surface area contributed by atoms with E-state index in [1.54, 1.807) is 0 Å². The number of Topliss-reactive ketones (excluding diaryl/α,β-unsaturated/α-hetero) is 1. The Balaban J connectivity index is 2.24. The van der Waals surface area contributed by atoms with Crippen LogP contribution in [0.25, 0.3) is 0 Å². The van der Waals surface area contributed by atoms with Gasteiger partial charge in [-0.2, -0.15) is 4.31 Å². The standard InChI is InChI=1S/C25H35ClN4O4S/c1-18(2)13-24(25(27)32)30(35(33,34)23-11-9-21(26)10-12-23)16-20-7-5-19(6-8-20)14-28-15-22(31)17-29(3)4/h5-12,18,24,28H,13-17H2,1-4H3,(H2,27,32)/t24-/m1/s1. The van der Waals surface area contributed by atoms with Gasteiger partial charge in [0.15, 0.2) is 5.78 Å². The number of likely N-dealkylation sites (N-methyl/N-ethyl adjacent to an activating group) is 1. The average molecular weight is 523 g/mol. The van der Waals surface area contributed by atoms with Crippen LogP contribution in [0.5, 0.6) is 0 Å². The van der Waals surface area contributed by atoms with E-state index in [0.29, 0.717) is 30.1 Å². The van der Waals surface area contributed by atoms with Gasteiger partial charge in [-0.3, -0.25) is 9.59 Å². The van der Waals surface area contributed by atoms with Crippen molar-refractivity contribution in [3.63, 3.8) is 0 Å². The summed E-state index contributed by atoms with van der Waals surface area (Å²) in [6, 6.07) is 12.2. The number of hydrogen-bond donors (Lipinski definition) is 2. The zero-order valence-electron chi connectivity index (χ0n) is 20.7. The van der Waals surface area contributed by atoms with Crippen molar-refractivity contribution in [2.24, 2.45) is 11.7 Å². The van der Waals surface area contributed by atoms with Crippen molar-refractivity contribution in [2.45, 2.75) is 44.3 Å². The molecule has 8 nitrogen and oxygen atoms in total. The summed E-state index contributed by atoms with van der Waals surface area (Å²) >= 11 is 5.93. The van der Waals surface area contributed by atoms with Crippen molar-refractivity contribution < 1.29 is 18.0 Å². The van der Waals surface area contributed by atoms with Crippen LogP contribution in [0.3, 0.4) is 0 Å². The molecular formula is C25H35ClN4O4S. The molecule has 0 heterocycles. The van der Waals surface area contributed by atoms with E-state index in [4.69, 9.17) is 17.3 Å². The second-order valence-electron chi connectivity index (χ2n) is 9.25. The number of halogens is 1. The summed E-state index contributed by atoms with van der Waals surface area (Å²) in [6.07, 6.45) is 0.297. The van der Waals surface area contributed by atoms with Crippen molar-refractivity contribution in [1.82, 2.24) is 14.5 Å². The highest BCUT2D eigenvalue weighted by atomic mass is 35.5. The molecule has 0 fully saturated rings. The zero-order chi connectivity index (χ0) is 26.2. The van der Waals surface area contributed by atoms with Gasteiger partial charge >= 0.3 is 0 Å². The lowest BCUT2D eigenvalue weighted by Crippen LogP contribution is -2.48. The average Bonchev–Trinajstić information content (AvgIpc) is 2.76. The highest BCUT2D eigenvalue weighted by molar-refractivity contribution is 7.89. The Hall–Kier alpha value is -2.30. The number of nitrogens with zero attached hydrogens (tertiary/aromatic N) is 2. The van der Waals surface area contributed by atoms with Crippen molar-refractivity contribution in [3.8, 4) is 0 Å². The van der Waals surface area contributed by atoms with Crippen LogP contribution in [0.1, 0.15) is 31.4 Å². The molecule has 1 amide bonds. The van der Waals surface area contributed by atoms with E-state index in [1.165, 1.54) is 28.6 Å². The molecule has 0 aliphatic heterocycles. The van der Waals surface area contributed by atoms with E-state index < -0.39 is 22.0 Å². The van der Waals surface area contributed by atoms with Crippen LogP contribution < -0.4 is 11.1 Å². The van der Waals surface area contributed by atoms with Gasteiger partial charge in [-0.05, 0) is 61.8 Å². The number of primary amides is 1. The molecule has 0 aliphatic rings. The van der Waals surface area contributed by atoms with E-state index >= 15 is 0 Å². The van der Waals surface area contributed by atoms with Gasteiger partial charge in [-0.15, -0.1) is 0 Å². The van der Waals surface area contributed by atoms with Crippen LogP contribution >= 0.6 is 11.6 Å². The molecule has 0 radical (unpaired) electrons. The molecule has 10 heteroatoms. The summed E-state index contributed by atoms with van der Waals surface area (Å²) in [6.45, 7) is 4.95. The number of benzene rings is 2. The van der Waals surface area contributed by atoms with Crippen molar-refractivity contribution in [1.29, 1.82) is 0 Å². The Morgan fingerprint density at radius 1 is 1.00 bits per heavy atom. The van der Waals surface area contributed by atoms with Crippen LogP contribution in [0.15, 0.2) is 53.4 Å². The van der Waals surface area contributed by atoms with Crippen molar-refractivity contribution in [2.75, 3.05) is 27.2 Å². The van der Waals surface area contributed by atoms with E-state index in [0.717, 1.165) is 5.56 Å². The normalized spacial score (nSPS) is 12.9. The molecule has 2 aromatic rings. The van der Waals surface area contributed by atoms with E-state index in [2.05, 4.69) is 5.32 Å². The molecule has 0 spiro atoms. The number of rotatable bonds is 14. The minimum Gasteiger partial charge on any atom is -0.368 e. The number of amides is 1. The summed E-state index contributed by atoms with van der Waals surface area (Å²) in [7, 11) is -0.341. The van der Waals surface area contributed by atoms with E-state index in [-0.39, 0.29) is 29.7 Å². The first-order valence-corrected chi connectivity index (χ1v) is 13.2. The number of sulfonamides is 1. The van der Waals surface area contributed by atoms with Gasteiger partial charge in [0.25, 0.3) is 0 Å². The molecule has 0 bridgehead atoms. The van der Waals surface area contributed by atoms with Crippen LogP contribution in [0.2, 0.25) is 5.02 Å². The quantitative estimate of drug-likeness (QED) is 0.394. The number of carbonyl (C=O) groups is 2. The van der Waals surface area contributed by atoms with E-state index in [1.807, 2.05) is 57.1 Å². The van der Waals surface area contributed by atoms with Gasteiger partial charge < -0.3 is 16.0 Å². The molecule has 1 atom stereocenters. The maximum Gasteiger partial charge on any atom is 0.244 e. The maximum atomic E-state index is 13.6. The Kier molecular flexibility index (Phi) is 10.9. The molecule has 0 aromatic heterocycles. The van der Waals surface area contributed by atoms with E-state index in [9.17, 15) is 18.0 Å². The predicted molar refractivity (Wildman–Crippen MR) is 138 cm³/mol. The molecular weight excluding hydrogens is 488 g/mol. The van der Waals surface area contributed by atoms with Crippen molar-refractivity contribution >= 4 is 33.3 Å². The molecule has 2 rings (SSSR count). The summed E-state index contributed by atoms with van der Waals surface area (Å²) < 4.78 is 28.3. The maximum absolute atomic E-state index is 13.6. The van der Waals surface area contributed by atoms with Gasteiger partial charge in [-0.1, -0.05) is 49.7 Å². The van der Waals surface area contributed by atoms with Crippen molar-refractivity contribution in [3.05, 3.63) is 64.7 Å². The zero-order valence-corrected chi connectivity index (χ0v) is 22.3. The van der Waals surface area contributed by atoms with Crippen LogP contribution in [0.4, 0.5) is 0 Å². The first kappa shape index (κ1) is 28.9. The third-order valence-corrected chi connectivity index (χ3v) is 7.42. The van der Waals surface area contributed by atoms with Gasteiger partial charge in [0.2, 0.25) is 15.9 Å². The topological polar surface area (TPSA) is 113 Å². The largest absolute Gasteiger partial charge is 0.368 e. The molecule has 3 N–H and O–H groups in total. The van der Waals surface area contributed by atoms with Crippen LogP contribution in [-0.2, 0) is 32.7 Å². The van der Waals surface area contributed by atoms with Gasteiger partial charge in [-0.25, -0.2) is 8.42 Å². The number of ketones is 1. The molecule has 0 saturated heterocycles. The Morgan fingerprint density at radius 2 is 1.57 bits per heavy atom. The number of nitrogens with one attached hydrogen (secondary N) is 1. The Bertz CT molecular complexity index is 1090. The number of hydrogen-bond acceptors (Lipinski definition) is 6. The SMILES string of the molecule is CC(C)C[C@H](C(N)=O)N(Cc1ccc(CNCC(=O)CN(C)C)cc1)S(=O)(=O)c1ccc(Cl)cc1. The van der Waals surface area contributed by atoms with Crippen LogP contribution in [-0.4, -0.2) is 62.5 Å². The minimum atomic E-state index is -4.03. The third-order valence-electron chi connectivity index (χ3n) is 5.30. The van der Waals surface area contributed by atoms with Gasteiger partial charge in [0, 0.05) is 18.1 Å². The number of nitrogens with two attached hydrogens (primary N) is 1. The van der Waals surface area contributed by atoms with Gasteiger partial charge in [0.05, 0.1) is 18.0 Å². The molecule has 0 unspecified atom stereocenters. The Labute approximate surface area is 213 Å².